The van der Waals surface area contributed by atoms with Gasteiger partial charge in [0.1, 0.15) is 24.7 Å². The molecule has 12 heteroatoms. The van der Waals surface area contributed by atoms with Gasteiger partial charge in [-0.3, -0.25) is 14.3 Å². The molecule has 4 rings (SSSR count). The molecule has 1 aromatic carbocycles. The number of benzene rings is 1. The molecule has 0 saturated carbocycles. The van der Waals surface area contributed by atoms with E-state index in [0.29, 0.717) is 41.6 Å². The van der Waals surface area contributed by atoms with E-state index < -0.39 is 12.6 Å². The van der Waals surface area contributed by atoms with Crippen LogP contribution in [0.1, 0.15) is 20.8 Å². The number of nitrogens with zero attached hydrogens (tertiary/aromatic N) is 6. The van der Waals surface area contributed by atoms with Crippen molar-refractivity contribution >= 4 is 23.1 Å². The van der Waals surface area contributed by atoms with Gasteiger partial charge in [0.2, 0.25) is 0 Å². The van der Waals surface area contributed by atoms with Crippen molar-refractivity contribution in [2.45, 2.75) is 0 Å². The predicted molar refractivity (Wildman–Crippen MR) is 130 cm³/mol. The number of amides is 2. The number of hydrogen-bond acceptors (Lipinski definition) is 7. The minimum absolute atomic E-state index is 0.0682. The molecule has 0 aliphatic heterocycles. The third-order valence-electron chi connectivity index (χ3n) is 5.42. The summed E-state index contributed by atoms with van der Waals surface area (Å²) in [5.41, 5.74) is 1.87. The van der Waals surface area contributed by atoms with Gasteiger partial charge in [0.25, 0.3) is 11.8 Å². The van der Waals surface area contributed by atoms with Gasteiger partial charge >= 0.3 is 0 Å². The van der Waals surface area contributed by atoms with Crippen LogP contribution in [0.25, 0.3) is 17.0 Å². The van der Waals surface area contributed by atoms with Gasteiger partial charge in [0.15, 0.2) is 11.5 Å². The number of carbonyl (C=O) groups is 2. The molecule has 0 aliphatic carbocycles. The lowest BCUT2D eigenvalue weighted by Crippen LogP contribution is -2.31. The maximum atomic E-state index is 13.1. The zero-order valence-electron chi connectivity index (χ0n) is 20.1. The van der Waals surface area contributed by atoms with Crippen molar-refractivity contribution in [3.05, 3.63) is 60.0 Å². The van der Waals surface area contributed by atoms with Crippen LogP contribution in [0.5, 0.6) is 5.75 Å². The number of ether oxygens (including phenoxy) is 2. The number of nitrogens with one attached hydrogen (secondary N) is 1. The average molecular weight is 496 g/mol. The molecule has 2 amide bonds. The van der Waals surface area contributed by atoms with Gasteiger partial charge in [-0.15, -0.1) is 5.10 Å². The van der Waals surface area contributed by atoms with Gasteiger partial charge in [0, 0.05) is 45.7 Å². The molecule has 0 spiro atoms. The van der Waals surface area contributed by atoms with E-state index in [0.717, 1.165) is 0 Å². The summed E-state index contributed by atoms with van der Waals surface area (Å²) in [6.07, 6.45) is 3.03. The van der Waals surface area contributed by atoms with E-state index in [1.807, 2.05) is 6.07 Å². The molecule has 0 fully saturated rings. The predicted octanol–water partition coefficient (Wildman–Crippen LogP) is 2.45. The first-order valence-electron chi connectivity index (χ1n) is 11.1. The Kier molecular flexibility index (Phi) is 7.54. The van der Waals surface area contributed by atoms with E-state index in [2.05, 4.69) is 20.5 Å². The Bertz CT molecular complexity index is 1380. The Hall–Kier alpha value is -4.32. The molecule has 0 unspecified atom stereocenters. The summed E-state index contributed by atoms with van der Waals surface area (Å²) in [5.74, 6) is 0.0408. The quantitative estimate of drug-likeness (QED) is 0.359. The third-order valence-corrected chi connectivity index (χ3v) is 5.42. The number of likely N-dealkylation sites (N-methyl/N-ethyl adjacent to an activating group) is 1. The number of fused-ring (bicyclic) bond motifs is 1. The first-order chi connectivity index (χ1) is 17.4. The summed E-state index contributed by atoms with van der Waals surface area (Å²) in [6, 6.07) is 10.4. The number of halogens is 1. The first kappa shape index (κ1) is 24.8. The van der Waals surface area contributed by atoms with E-state index in [1.165, 1.54) is 15.8 Å². The molecular formula is C24H26FN7O4. The average Bonchev–Trinajstić information content (AvgIpc) is 3.48. The van der Waals surface area contributed by atoms with Crippen molar-refractivity contribution in [1.29, 1.82) is 0 Å². The molecule has 36 heavy (non-hydrogen) atoms. The van der Waals surface area contributed by atoms with Crippen LogP contribution in [0.15, 0.2) is 48.8 Å². The molecule has 0 radical (unpaired) electrons. The van der Waals surface area contributed by atoms with E-state index in [4.69, 9.17) is 9.47 Å². The van der Waals surface area contributed by atoms with Crippen molar-refractivity contribution in [2.75, 3.05) is 45.9 Å². The van der Waals surface area contributed by atoms with Gasteiger partial charge in [-0.2, -0.15) is 5.10 Å². The normalized spacial score (nSPS) is 11.0. The summed E-state index contributed by atoms with van der Waals surface area (Å²) >= 11 is 0. The van der Waals surface area contributed by atoms with Gasteiger partial charge in [-0.05, 0) is 18.2 Å². The van der Waals surface area contributed by atoms with Gasteiger partial charge in [-0.25, -0.2) is 13.9 Å². The Labute approximate surface area is 206 Å². The van der Waals surface area contributed by atoms with Gasteiger partial charge < -0.3 is 19.7 Å². The minimum atomic E-state index is -0.608. The maximum absolute atomic E-state index is 13.1. The SMILES string of the molecule is COCCN(C)C(=O)c1cnn(C)c1C(=O)Nc1ccn2nc(-c3ccccc3OCCF)nc2c1. The number of aryl methyl sites for hydroxylation is 1. The minimum Gasteiger partial charge on any atom is -0.490 e. The van der Waals surface area contributed by atoms with Crippen molar-refractivity contribution in [1.82, 2.24) is 29.3 Å². The molecule has 0 aliphatic rings. The number of rotatable bonds is 10. The van der Waals surface area contributed by atoms with Crippen LogP contribution in [0.3, 0.4) is 0 Å². The highest BCUT2D eigenvalue weighted by Gasteiger charge is 2.24. The Morgan fingerprint density at radius 1 is 1.19 bits per heavy atom. The highest BCUT2D eigenvalue weighted by Crippen LogP contribution is 2.28. The summed E-state index contributed by atoms with van der Waals surface area (Å²) < 4.78 is 26.0. The highest BCUT2D eigenvalue weighted by molar-refractivity contribution is 6.11. The van der Waals surface area contributed by atoms with E-state index in [-0.39, 0.29) is 23.8 Å². The van der Waals surface area contributed by atoms with Crippen LogP contribution in [0.2, 0.25) is 0 Å². The Balaban J connectivity index is 1.57. The van der Waals surface area contributed by atoms with E-state index in [1.54, 1.807) is 62.2 Å². The van der Waals surface area contributed by atoms with Crippen LogP contribution in [-0.4, -0.2) is 81.7 Å². The number of aromatic nitrogens is 5. The topological polar surface area (TPSA) is 116 Å². The van der Waals surface area contributed by atoms with E-state index >= 15 is 0 Å². The zero-order chi connectivity index (χ0) is 25.7. The number of methoxy groups -OCH3 is 1. The summed E-state index contributed by atoms with van der Waals surface area (Å²) in [7, 11) is 4.78. The molecule has 11 nitrogen and oxygen atoms in total. The van der Waals surface area contributed by atoms with Crippen molar-refractivity contribution in [2.24, 2.45) is 7.05 Å². The highest BCUT2D eigenvalue weighted by atomic mass is 19.1. The first-order valence-corrected chi connectivity index (χ1v) is 11.1. The van der Waals surface area contributed by atoms with Crippen LogP contribution in [0.4, 0.5) is 10.1 Å². The number of carbonyl (C=O) groups excluding carboxylic acids is 2. The number of hydrogen-bond donors (Lipinski definition) is 1. The van der Waals surface area contributed by atoms with Crippen molar-refractivity contribution in [3.8, 4) is 17.1 Å². The number of pyridine rings is 1. The van der Waals surface area contributed by atoms with E-state index in [9.17, 15) is 14.0 Å². The molecule has 0 bridgehead atoms. The lowest BCUT2D eigenvalue weighted by atomic mass is 10.2. The molecule has 188 valence electrons. The molecule has 3 heterocycles. The van der Waals surface area contributed by atoms with Crippen LogP contribution < -0.4 is 10.1 Å². The summed E-state index contributed by atoms with van der Waals surface area (Å²) in [5, 5.41) is 11.4. The molecule has 0 saturated heterocycles. The fourth-order valence-electron chi connectivity index (χ4n) is 3.59. The monoisotopic (exact) mass is 495 g/mol. The fourth-order valence-corrected chi connectivity index (χ4v) is 3.59. The number of alkyl halides is 1. The maximum Gasteiger partial charge on any atom is 0.274 e. The summed E-state index contributed by atoms with van der Waals surface area (Å²) in [6.45, 7) is 0.0700. The van der Waals surface area contributed by atoms with Crippen LogP contribution in [0, 0.1) is 0 Å². The third kappa shape index (κ3) is 5.18. The second-order valence-corrected chi connectivity index (χ2v) is 7.89. The molecule has 4 aromatic rings. The molecule has 0 atom stereocenters. The second kappa shape index (κ2) is 11.0. The van der Waals surface area contributed by atoms with Crippen LogP contribution in [-0.2, 0) is 11.8 Å². The number of para-hydroxylation sites is 1. The Morgan fingerprint density at radius 2 is 2.00 bits per heavy atom. The van der Waals surface area contributed by atoms with Crippen molar-refractivity contribution in [3.63, 3.8) is 0 Å². The zero-order valence-corrected chi connectivity index (χ0v) is 20.1. The fraction of sp³-hybridized carbons (Fsp3) is 0.292. The summed E-state index contributed by atoms with van der Waals surface area (Å²) in [4.78, 5) is 31.9. The lowest BCUT2D eigenvalue weighted by Gasteiger charge is -2.16. The molecule has 1 N–H and O–H groups in total. The van der Waals surface area contributed by atoms with Gasteiger partial charge in [-0.1, -0.05) is 12.1 Å². The molecule has 3 aromatic heterocycles. The van der Waals surface area contributed by atoms with Gasteiger partial charge in [0.05, 0.1) is 23.9 Å². The Morgan fingerprint density at radius 3 is 2.78 bits per heavy atom. The lowest BCUT2D eigenvalue weighted by molar-refractivity contribution is 0.0740. The number of anilines is 1. The molecular weight excluding hydrogens is 469 g/mol. The largest absolute Gasteiger partial charge is 0.490 e. The standard InChI is InChI=1S/C24H26FN7O4/c1-30(11-13-35-3)24(34)18-15-26-31(2)21(18)23(33)27-16-8-10-32-20(14-16)28-22(29-32)17-6-4-5-7-19(17)36-12-9-25/h4-8,10,14-15H,9,11-13H2,1-3H3,(H,27,33). The van der Waals surface area contributed by atoms with Crippen molar-refractivity contribution < 1.29 is 23.5 Å². The smallest absolute Gasteiger partial charge is 0.274 e. The van der Waals surface area contributed by atoms with Crippen LogP contribution >= 0.6 is 0 Å². The second-order valence-electron chi connectivity index (χ2n) is 7.89.